The van der Waals surface area contributed by atoms with Crippen LogP contribution in [0.25, 0.3) is 0 Å². The van der Waals surface area contributed by atoms with Gasteiger partial charge in [0.2, 0.25) is 5.91 Å². The monoisotopic (exact) mass is 228 g/mol. The van der Waals surface area contributed by atoms with E-state index in [9.17, 15) is 4.79 Å². The number of nitrogens with two attached hydrogens (primary N) is 1. The molecule has 0 heterocycles. The standard InChI is InChI=1S/C11H20N2OS/c1-2-7-13(8-10(12)15)11(14)9-5-3-4-6-9/h9H,2-8H2,1H3,(H2,12,15). The van der Waals surface area contributed by atoms with Crippen LogP contribution in [-0.2, 0) is 4.79 Å². The van der Waals surface area contributed by atoms with Crippen molar-refractivity contribution < 1.29 is 4.79 Å². The van der Waals surface area contributed by atoms with Crippen LogP contribution in [0.4, 0.5) is 0 Å². The van der Waals surface area contributed by atoms with Gasteiger partial charge in [0.25, 0.3) is 0 Å². The molecule has 1 fully saturated rings. The van der Waals surface area contributed by atoms with Gasteiger partial charge in [-0.25, -0.2) is 0 Å². The summed E-state index contributed by atoms with van der Waals surface area (Å²) in [5.41, 5.74) is 5.50. The maximum atomic E-state index is 12.1. The van der Waals surface area contributed by atoms with Crippen LogP contribution in [0, 0.1) is 5.92 Å². The van der Waals surface area contributed by atoms with Crippen LogP contribution in [-0.4, -0.2) is 28.9 Å². The molecule has 0 aromatic carbocycles. The molecule has 1 rings (SSSR count). The molecule has 0 aromatic rings. The molecule has 1 amide bonds. The van der Waals surface area contributed by atoms with Gasteiger partial charge in [-0.05, 0) is 19.3 Å². The lowest BCUT2D eigenvalue weighted by atomic mass is 10.1. The van der Waals surface area contributed by atoms with E-state index in [1.807, 2.05) is 4.90 Å². The first-order valence-electron chi connectivity index (χ1n) is 5.72. The Hall–Kier alpha value is -0.640. The van der Waals surface area contributed by atoms with Crippen molar-refractivity contribution in [3.05, 3.63) is 0 Å². The van der Waals surface area contributed by atoms with E-state index in [4.69, 9.17) is 18.0 Å². The highest BCUT2D eigenvalue weighted by atomic mass is 32.1. The maximum Gasteiger partial charge on any atom is 0.226 e. The Kier molecular flexibility index (Phi) is 5.02. The van der Waals surface area contributed by atoms with Crippen molar-refractivity contribution in [3.63, 3.8) is 0 Å². The summed E-state index contributed by atoms with van der Waals surface area (Å²) < 4.78 is 0. The SMILES string of the molecule is CCCN(CC(N)=S)C(=O)C1CCCC1. The third-order valence-corrected chi connectivity index (χ3v) is 2.99. The third-order valence-electron chi connectivity index (χ3n) is 2.86. The van der Waals surface area contributed by atoms with E-state index in [1.54, 1.807) is 0 Å². The van der Waals surface area contributed by atoms with E-state index in [-0.39, 0.29) is 11.8 Å². The van der Waals surface area contributed by atoms with Crippen molar-refractivity contribution in [2.75, 3.05) is 13.1 Å². The summed E-state index contributed by atoms with van der Waals surface area (Å²) >= 11 is 4.86. The van der Waals surface area contributed by atoms with Crippen LogP contribution in [0.1, 0.15) is 39.0 Å². The van der Waals surface area contributed by atoms with E-state index < -0.39 is 0 Å². The first kappa shape index (κ1) is 12.4. The zero-order valence-corrected chi connectivity index (χ0v) is 10.2. The summed E-state index contributed by atoms with van der Waals surface area (Å²) in [5, 5.41) is 0. The van der Waals surface area contributed by atoms with Crippen molar-refractivity contribution in [3.8, 4) is 0 Å². The van der Waals surface area contributed by atoms with Crippen molar-refractivity contribution >= 4 is 23.1 Å². The molecule has 1 aliphatic carbocycles. The molecular formula is C11H20N2OS. The fourth-order valence-corrected chi connectivity index (χ4v) is 2.31. The number of carbonyl (C=O) groups excluding carboxylic acids is 1. The molecule has 4 heteroatoms. The number of hydrogen-bond acceptors (Lipinski definition) is 2. The van der Waals surface area contributed by atoms with Gasteiger partial charge in [0, 0.05) is 12.5 Å². The van der Waals surface area contributed by atoms with Crippen molar-refractivity contribution in [2.24, 2.45) is 11.7 Å². The topological polar surface area (TPSA) is 46.3 Å². The van der Waals surface area contributed by atoms with Gasteiger partial charge >= 0.3 is 0 Å². The molecule has 3 nitrogen and oxygen atoms in total. The lowest BCUT2D eigenvalue weighted by Crippen LogP contribution is -2.41. The van der Waals surface area contributed by atoms with Crippen LogP contribution >= 0.6 is 12.2 Å². The van der Waals surface area contributed by atoms with Gasteiger partial charge in [-0.1, -0.05) is 32.0 Å². The van der Waals surface area contributed by atoms with Gasteiger partial charge in [-0.2, -0.15) is 0 Å². The zero-order valence-electron chi connectivity index (χ0n) is 9.37. The first-order chi connectivity index (χ1) is 7.15. The Balaban J connectivity index is 2.52. The van der Waals surface area contributed by atoms with Crippen LogP contribution in [0.15, 0.2) is 0 Å². The van der Waals surface area contributed by atoms with Gasteiger partial charge in [0.15, 0.2) is 0 Å². The highest BCUT2D eigenvalue weighted by Crippen LogP contribution is 2.26. The van der Waals surface area contributed by atoms with Gasteiger partial charge in [0.1, 0.15) is 0 Å². The molecule has 0 unspecified atom stereocenters. The van der Waals surface area contributed by atoms with Crippen molar-refractivity contribution in [2.45, 2.75) is 39.0 Å². The average molecular weight is 228 g/mol. The lowest BCUT2D eigenvalue weighted by Gasteiger charge is -2.24. The van der Waals surface area contributed by atoms with E-state index >= 15 is 0 Å². The Bertz CT molecular complexity index is 237. The van der Waals surface area contributed by atoms with Crippen molar-refractivity contribution in [1.29, 1.82) is 0 Å². The van der Waals surface area contributed by atoms with Crippen LogP contribution < -0.4 is 5.73 Å². The highest BCUT2D eigenvalue weighted by Gasteiger charge is 2.26. The van der Waals surface area contributed by atoms with Crippen molar-refractivity contribution in [1.82, 2.24) is 4.90 Å². The van der Waals surface area contributed by atoms with E-state index in [0.717, 1.165) is 25.8 Å². The molecule has 0 spiro atoms. The minimum Gasteiger partial charge on any atom is -0.392 e. The summed E-state index contributed by atoms with van der Waals surface area (Å²) in [6, 6.07) is 0. The summed E-state index contributed by atoms with van der Waals surface area (Å²) in [5.74, 6) is 0.480. The molecule has 1 aliphatic rings. The molecule has 0 bridgehead atoms. The molecule has 15 heavy (non-hydrogen) atoms. The second-order valence-corrected chi connectivity index (χ2v) is 4.73. The molecule has 0 saturated heterocycles. The maximum absolute atomic E-state index is 12.1. The second kappa shape index (κ2) is 6.05. The summed E-state index contributed by atoms with van der Waals surface area (Å²) in [6.07, 6.45) is 5.40. The Morgan fingerprint density at radius 1 is 1.47 bits per heavy atom. The lowest BCUT2D eigenvalue weighted by molar-refractivity contribution is -0.134. The fraction of sp³-hybridized carbons (Fsp3) is 0.818. The van der Waals surface area contributed by atoms with E-state index in [2.05, 4.69) is 6.92 Å². The zero-order chi connectivity index (χ0) is 11.3. The quantitative estimate of drug-likeness (QED) is 0.729. The molecule has 2 N–H and O–H groups in total. The Morgan fingerprint density at radius 2 is 2.07 bits per heavy atom. The van der Waals surface area contributed by atoms with E-state index in [0.29, 0.717) is 11.5 Å². The number of hydrogen-bond donors (Lipinski definition) is 1. The number of amides is 1. The largest absolute Gasteiger partial charge is 0.392 e. The summed E-state index contributed by atoms with van der Waals surface area (Å²) in [4.78, 5) is 14.3. The fourth-order valence-electron chi connectivity index (χ4n) is 2.16. The average Bonchev–Trinajstić information content (AvgIpc) is 2.68. The highest BCUT2D eigenvalue weighted by molar-refractivity contribution is 7.80. The molecule has 0 aliphatic heterocycles. The van der Waals surface area contributed by atoms with Gasteiger partial charge in [-0.15, -0.1) is 0 Å². The number of carbonyl (C=O) groups is 1. The number of thiocarbonyl (C=S) groups is 1. The van der Waals surface area contributed by atoms with Crippen LogP contribution in [0.5, 0.6) is 0 Å². The van der Waals surface area contributed by atoms with Crippen LogP contribution in [0.2, 0.25) is 0 Å². The molecule has 0 aromatic heterocycles. The minimum atomic E-state index is 0.228. The normalized spacial score (nSPS) is 16.6. The number of nitrogens with zero attached hydrogens (tertiary/aromatic N) is 1. The van der Waals surface area contributed by atoms with Crippen LogP contribution in [0.3, 0.4) is 0 Å². The second-order valence-electron chi connectivity index (χ2n) is 4.21. The predicted molar refractivity (Wildman–Crippen MR) is 65.6 cm³/mol. The van der Waals surface area contributed by atoms with Gasteiger partial charge in [-0.3, -0.25) is 4.79 Å². The minimum absolute atomic E-state index is 0.228. The molecule has 1 saturated carbocycles. The van der Waals surface area contributed by atoms with E-state index in [1.165, 1.54) is 12.8 Å². The Morgan fingerprint density at radius 3 is 2.53 bits per heavy atom. The van der Waals surface area contributed by atoms with Gasteiger partial charge in [0.05, 0.1) is 11.5 Å². The summed E-state index contributed by atoms with van der Waals surface area (Å²) in [6.45, 7) is 3.28. The Labute approximate surface area is 97.0 Å². The molecule has 86 valence electrons. The van der Waals surface area contributed by atoms with Gasteiger partial charge < -0.3 is 10.6 Å². The smallest absolute Gasteiger partial charge is 0.226 e. The number of rotatable bonds is 5. The third kappa shape index (κ3) is 3.78. The molecular weight excluding hydrogens is 208 g/mol. The summed E-state index contributed by atoms with van der Waals surface area (Å²) in [7, 11) is 0. The molecule has 0 radical (unpaired) electrons. The predicted octanol–water partition coefficient (Wildman–Crippen LogP) is 1.70. The molecule has 0 atom stereocenters. The first-order valence-corrected chi connectivity index (χ1v) is 6.13.